The van der Waals surface area contributed by atoms with Crippen LogP contribution in [-0.2, 0) is 10.2 Å². The molecule has 0 aromatic carbocycles. The summed E-state index contributed by atoms with van der Waals surface area (Å²) < 4.78 is 63.7. The zero-order valence-electron chi connectivity index (χ0n) is 15.7. The largest absolute Gasteiger partial charge is 0.389 e. The van der Waals surface area contributed by atoms with Crippen LogP contribution < -0.4 is 10.0 Å². The minimum atomic E-state index is -4.33. The molecule has 2 N–H and O–H groups in total. The molecule has 29 heavy (non-hydrogen) atoms. The van der Waals surface area contributed by atoms with Gasteiger partial charge in [0.25, 0.3) is 10.2 Å². The summed E-state index contributed by atoms with van der Waals surface area (Å²) in [5, 5.41) is 9.86. The monoisotopic (exact) mass is 454 g/mol. The summed E-state index contributed by atoms with van der Waals surface area (Å²) in [7, 11) is -4.10. The van der Waals surface area contributed by atoms with Gasteiger partial charge in [0.05, 0.1) is 0 Å². The standard InChI is InChI=1S/C16H22ClF3N6O2S/c1-11-9-13(17)26-14(11)15(22-10-23-26)24-7-3-12(4-8-24)25(29(21,27)28)6-2-5-16(18,19)20/h9-10,12H,2-8H2,1H3,(H2,21,27,28). The molecule has 0 bridgehead atoms. The van der Waals surface area contributed by atoms with Gasteiger partial charge in [-0.1, -0.05) is 11.6 Å². The van der Waals surface area contributed by atoms with E-state index < -0.39 is 28.8 Å². The number of halogens is 4. The first-order valence-electron chi connectivity index (χ1n) is 9.07. The van der Waals surface area contributed by atoms with Crippen LogP contribution in [0.1, 0.15) is 31.2 Å². The van der Waals surface area contributed by atoms with Gasteiger partial charge >= 0.3 is 6.18 Å². The highest BCUT2D eigenvalue weighted by atomic mass is 35.5. The molecular weight excluding hydrogens is 433 g/mol. The molecule has 0 amide bonds. The maximum Gasteiger partial charge on any atom is 0.389 e. The zero-order valence-corrected chi connectivity index (χ0v) is 17.3. The Labute approximate surface area is 171 Å². The Hall–Kier alpha value is -1.63. The Morgan fingerprint density at radius 2 is 2.00 bits per heavy atom. The first-order chi connectivity index (χ1) is 13.5. The minimum absolute atomic E-state index is 0.256. The topological polar surface area (TPSA) is 96.8 Å². The van der Waals surface area contributed by atoms with Crippen molar-refractivity contribution in [3.05, 3.63) is 23.1 Å². The number of hydrogen-bond donors (Lipinski definition) is 1. The molecule has 3 heterocycles. The highest BCUT2D eigenvalue weighted by Crippen LogP contribution is 2.30. The average Bonchev–Trinajstić information content (AvgIpc) is 2.91. The maximum atomic E-state index is 12.4. The lowest BCUT2D eigenvalue weighted by molar-refractivity contribution is -0.135. The van der Waals surface area contributed by atoms with E-state index in [4.69, 9.17) is 16.7 Å². The SMILES string of the molecule is Cc1cc(Cl)n2ncnc(N3CCC(N(CCCC(F)(F)F)S(N)(=O)=O)CC3)c12. The normalized spacial score (nSPS) is 16.9. The lowest BCUT2D eigenvalue weighted by Gasteiger charge is -2.37. The fraction of sp³-hybridized carbons (Fsp3) is 0.625. The number of aromatic nitrogens is 3. The third-order valence-corrected chi connectivity index (χ3v) is 6.42. The summed E-state index contributed by atoms with van der Waals surface area (Å²) in [6.45, 7) is 2.59. The van der Waals surface area contributed by atoms with E-state index in [1.807, 2.05) is 11.8 Å². The number of aryl methyl sites for hydroxylation is 1. The van der Waals surface area contributed by atoms with E-state index in [0.717, 1.165) is 15.4 Å². The van der Waals surface area contributed by atoms with Crippen LogP contribution >= 0.6 is 11.6 Å². The quantitative estimate of drug-likeness (QED) is 0.723. The Morgan fingerprint density at radius 1 is 1.34 bits per heavy atom. The van der Waals surface area contributed by atoms with Crippen molar-refractivity contribution in [1.82, 2.24) is 18.9 Å². The van der Waals surface area contributed by atoms with Crippen molar-refractivity contribution in [2.24, 2.45) is 5.14 Å². The summed E-state index contributed by atoms with van der Waals surface area (Å²) in [6.07, 6.45) is -3.46. The molecule has 0 radical (unpaired) electrons. The van der Waals surface area contributed by atoms with Gasteiger partial charge in [-0.15, -0.1) is 0 Å². The lowest BCUT2D eigenvalue weighted by Crippen LogP contribution is -2.50. The fourth-order valence-corrected chi connectivity index (χ4v) is 5.01. The number of alkyl halides is 3. The van der Waals surface area contributed by atoms with Crippen molar-refractivity contribution in [2.45, 2.75) is 44.8 Å². The smallest absolute Gasteiger partial charge is 0.355 e. The van der Waals surface area contributed by atoms with Crippen LogP contribution in [0.4, 0.5) is 19.0 Å². The first kappa shape index (κ1) is 22.1. The Kier molecular flexibility index (Phi) is 6.27. The van der Waals surface area contributed by atoms with Crippen LogP contribution in [0.3, 0.4) is 0 Å². The summed E-state index contributed by atoms with van der Waals surface area (Å²) in [4.78, 5) is 6.35. The molecule has 0 atom stereocenters. The van der Waals surface area contributed by atoms with Crippen LogP contribution in [0.25, 0.3) is 5.52 Å². The molecule has 2 aromatic rings. The van der Waals surface area contributed by atoms with Crippen molar-refractivity contribution < 1.29 is 21.6 Å². The molecular formula is C16H22ClF3N6O2S. The summed E-state index contributed by atoms with van der Waals surface area (Å²) in [5.41, 5.74) is 1.68. The number of anilines is 1. The summed E-state index contributed by atoms with van der Waals surface area (Å²) >= 11 is 6.17. The molecule has 0 spiro atoms. The molecule has 0 saturated carbocycles. The van der Waals surface area contributed by atoms with Gasteiger partial charge < -0.3 is 4.90 Å². The number of nitrogens with two attached hydrogens (primary N) is 1. The van der Waals surface area contributed by atoms with Gasteiger partial charge in [0.1, 0.15) is 17.0 Å². The average molecular weight is 455 g/mol. The predicted molar refractivity (Wildman–Crippen MR) is 103 cm³/mol. The number of piperidine rings is 1. The third-order valence-electron chi connectivity index (χ3n) is 5.02. The van der Waals surface area contributed by atoms with Crippen molar-refractivity contribution in [2.75, 3.05) is 24.5 Å². The number of nitrogens with zero attached hydrogens (tertiary/aromatic N) is 5. The molecule has 1 aliphatic rings. The number of fused-ring (bicyclic) bond motifs is 1. The highest BCUT2D eigenvalue weighted by molar-refractivity contribution is 7.86. The van der Waals surface area contributed by atoms with E-state index in [2.05, 4.69) is 10.1 Å². The Morgan fingerprint density at radius 3 is 2.59 bits per heavy atom. The van der Waals surface area contributed by atoms with E-state index in [9.17, 15) is 21.6 Å². The predicted octanol–water partition coefficient (Wildman–Crippen LogP) is 2.51. The Bertz CT molecular complexity index is 973. The van der Waals surface area contributed by atoms with Crippen molar-refractivity contribution in [3.8, 4) is 0 Å². The van der Waals surface area contributed by atoms with E-state index in [0.29, 0.717) is 36.9 Å². The zero-order chi connectivity index (χ0) is 21.4. The molecule has 1 aliphatic heterocycles. The maximum absolute atomic E-state index is 12.4. The van der Waals surface area contributed by atoms with Gasteiger partial charge in [-0.3, -0.25) is 0 Å². The third kappa shape index (κ3) is 5.11. The second-order valence-electron chi connectivity index (χ2n) is 7.09. The van der Waals surface area contributed by atoms with Crippen LogP contribution in [0.2, 0.25) is 5.15 Å². The van der Waals surface area contributed by atoms with Crippen LogP contribution in [-0.4, -0.2) is 59.2 Å². The molecule has 1 saturated heterocycles. The van der Waals surface area contributed by atoms with Gasteiger partial charge in [-0.25, -0.2) is 14.6 Å². The van der Waals surface area contributed by atoms with Crippen LogP contribution in [0.15, 0.2) is 12.4 Å². The number of hydrogen-bond acceptors (Lipinski definition) is 5. The molecule has 0 aliphatic carbocycles. The molecule has 162 valence electrons. The molecule has 0 unspecified atom stereocenters. The van der Waals surface area contributed by atoms with Gasteiger partial charge in [-0.2, -0.15) is 31.0 Å². The molecule has 3 rings (SSSR count). The van der Waals surface area contributed by atoms with E-state index in [1.54, 1.807) is 10.6 Å². The van der Waals surface area contributed by atoms with Crippen molar-refractivity contribution in [1.29, 1.82) is 0 Å². The Balaban J connectivity index is 1.72. The van der Waals surface area contributed by atoms with Crippen LogP contribution in [0, 0.1) is 6.92 Å². The van der Waals surface area contributed by atoms with Gasteiger partial charge in [0.15, 0.2) is 5.82 Å². The van der Waals surface area contributed by atoms with Crippen molar-refractivity contribution >= 4 is 33.1 Å². The fourth-order valence-electron chi connectivity index (χ4n) is 3.71. The second kappa shape index (κ2) is 8.25. The van der Waals surface area contributed by atoms with E-state index in [1.165, 1.54) is 6.33 Å². The first-order valence-corrected chi connectivity index (χ1v) is 11.0. The van der Waals surface area contributed by atoms with E-state index >= 15 is 0 Å². The minimum Gasteiger partial charge on any atom is -0.355 e. The molecule has 13 heteroatoms. The lowest BCUT2D eigenvalue weighted by atomic mass is 10.0. The van der Waals surface area contributed by atoms with E-state index in [-0.39, 0.29) is 13.0 Å². The van der Waals surface area contributed by atoms with Gasteiger partial charge in [-0.05, 0) is 37.8 Å². The second-order valence-corrected chi connectivity index (χ2v) is 8.97. The summed E-state index contributed by atoms with van der Waals surface area (Å²) in [6, 6.07) is 1.33. The van der Waals surface area contributed by atoms with Crippen molar-refractivity contribution in [3.63, 3.8) is 0 Å². The van der Waals surface area contributed by atoms with Crippen LogP contribution in [0.5, 0.6) is 0 Å². The highest BCUT2D eigenvalue weighted by Gasteiger charge is 2.33. The van der Waals surface area contributed by atoms with Gasteiger partial charge in [0, 0.05) is 32.1 Å². The molecule has 2 aromatic heterocycles. The van der Waals surface area contributed by atoms with Gasteiger partial charge in [0.2, 0.25) is 0 Å². The molecule has 8 nitrogen and oxygen atoms in total. The summed E-state index contributed by atoms with van der Waals surface area (Å²) in [5.74, 6) is 0.682. The number of rotatable bonds is 6. The molecule has 1 fully saturated rings.